The molecule has 1 N–H and O–H groups in total. The number of aliphatic hydroxyl groups excluding tert-OH is 1. The van der Waals surface area contributed by atoms with Gasteiger partial charge in [0.25, 0.3) is 0 Å². The van der Waals surface area contributed by atoms with E-state index in [9.17, 15) is 5.11 Å². The van der Waals surface area contributed by atoms with Gasteiger partial charge in [0, 0.05) is 23.5 Å². The van der Waals surface area contributed by atoms with E-state index in [1.165, 1.54) is 0 Å². The molecule has 1 aliphatic rings. The molecule has 4 heteroatoms. The Morgan fingerprint density at radius 3 is 2.00 bits per heavy atom. The Bertz CT molecular complexity index is 607. The van der Waals surface area contributed by atoms with Gasteiger partial charge >= 0.3 is 0 Å². The SMILES string of the molecule is CC1(CO)N=C(c2ccccc2)C(c2ccncc2)=N1. The number of nitrogens with zero attached hydrogens (tertiary/aromatic N) is 3. The van der Waals surface area contributed by atoms with Crippen LogP contribution < -0.4 is 0 Å². The maximum Gasteiger partial charge on any atom is 0.171 e. The van der Waals surface area contributed by atoms with Crippen LogP contribution in [0, 0.1) is 0 Å². The number of hydrogen-bond acceptors (Lipinski definition) is 4. The predicted octanol–water partition coefficient (Wildman–Crippen LogP) is 2.08. The summed E-state index contributed by atoms with van der Waals surface area (Å²) in [5.74, 6) is 0. The smallest absolute Gasteiger partial charge is 0.171 e. The number of rotatable bonds is 3. The van der Waals surface area contributed by atoms with Crippen LogP contribution in [0.4, 0.5) is 0 Å². The van der Waals surface area contributed by atoms with Crippen LogP contribution in [0.1, 0.15) is 18.1 Å². The monoisotopic (exact) mass is 265 g/mol. The molecule has 1 aromatic carbocycles. The molecule has 2 heterocycles. The van der Waals surface area contributed by atoms with E-state index in [2.05, 4.69) is 15.0 Å². The third kappa shape index (κ3) is 2.26. The maximum atomic E-state index is 9.53. The molecule has 1 atom stereocenters. The van der Waals surface area contributed by atoms with Crippen molar-refractivity contribution in [3.63, 3.8) is 0 Å². The third-order valence-corrected chi connectivity index (χ3v) is 3.23. The topological polar surface area (TPSA) is 57.8 Å². The fraction of sp³-hybridized carbons (Fsp3) is 0.188. The van der Waals surface area contributed by atoms with Gasteiger partial charge in [0.05, 0.1) is 18.0 Å². The van der Waals surface area contributed by atoms with Crippen LogP contribution in [0.5, 0.6) is 0 Å². The van der Waals surface area contributed by atoms with Crippen LogP contribution in [-0.4, -0.2) is 33.8 Å². The van der Waals surface area contributed by atoms with Gasteiger partial charge in [-0.1, -0.05) is 30.3 Å². The zero-order valence-corrected chi connectivity index (χ0v) is 11.2. The van der Waals surface area contributed by atoms with E-state index in [-0.39, 0.29) is 6.61 Å². The highest BCUT2D eigenvalue weighted by Crippen LogP contribution is 2.24. The Kier molecular flexibility index (Phi) is 3.16. The van der Waals surface area contributed by atoms with Gasteiger partial charge in [-0.25, -0.2) is 0 Å². The molecular weight excluding hydrogens is 250 g/mol. The maximum absolute atomic E-state index is 9.53. The van der Waals surface area contributed by atoms with E-state index in [1.807, 2.05) is 49.4 Å². The first kappa shape index (κ1) is 12.7. The van der Waals surface area contributed by atoms with Crippen molar-refractivity contribution in [1.29, 1.82) is 0 Å². The number of pyridine rings is 1. The third-order valence-electron chi connectivity index (χ3n) is 3.23. The van der Waals surface area contributed by atoms with Gasteiger partial charge in [0.15, 0.2) is 5.66 Å². The van der Waals surface area contributed by atoms with Gasteiger partial charge in [-0.15, -0.1) is 0 Å². The summed E-state index contributed by atoms with van der Waals surface area (Å²) in [5, 5.41) is 9.53. The number of aromatic nitrogens is 1. The largest absolute Gasteiger partial charge is 0.392 e. The number of benzene rings is 1. The predicted molar refractivity (Wildman–Crippen MR) is 79.2 cm³/mol. The molecular formula is C16H15N3O. The van der Waals surface area contributed by atoms with Crippen molar-refractivity contribution in [3.05, 3.63) is 66.0 Å². The zero-order chi connectivity index (χ0) is 14.0. The summed E-state index contributed by atoms with van der Waals surface area (Å²) in [4.78, 5) is 13.2. The summed E-state index contributed by atoms with van der Waals surface area (Å²) < 4.78 is 0. The number of aliphatic imine (C=N–C) groups is 2. The Hall–Kier alpha value is -2.33. The van der Waals surface area contributed by atoms with Crippen molar-refractivity contribution in [1.82, 2.24) is 4.98 Å². The van der Waals surface area contributed by atoms with Gasteiger partial charge in [-0.2, -0.15) is 0 Å². The van der Waals surface area contributed by atoms with Gasteiger partial charge in [-0.05, 0) is 19.1 Å². The fourth-order valence-electron chi connectivity index (χ4n) is 2.19. The first-order chi connectivity index (χ1) is 9.72. The van der Waals surface area contributed by atoms with E-state index >= 15 is 0 Å². The molecule has 1 aromatic heterocycles. The Labute approximate surface area is 117 Å². The Balaban J connectivity index is 2.12. The molecule has 0 saturated carbocycles. The minimum absolute atomic E-state index is 0.113. The van der Waals surface area contributed by atoms with Gasteiger partial charge in [0.2, 0.25) is 0 Å². The lowest BCUT2D eigenvalue weighted by molar-refractivity contribution is 0.219. The summed E-state index contributed by atoms with van der Waals surface area (Å²) in [6.45, 7) is 1.71. The van der Waals surface area contributed by atoms with Gasteiger partial charge in [-0.3, -0.25) is 15.0 Å². The van der Waals surface area contributed by atoms with E-state index in [0.29, 0.717) is 0 Å². The molecule has 100 valence electrons. The van der Waals surface area contributed by atoms with Crippen molar-refractivity contribution < 1.29 is 5.11 Å². The molecule has 0 aliphatic carbocycles. The summed E-state index contributed by atoms with van der Waals surface area (Å²) in [7, 11) is 0. The van der Waals surface area contributed by atoms with Crippen LogP contribution in [0.2, 0.25) is 0 Å². The van der Waals surface area contributed by atoms with Gasteiger partial charge in [0.1, 0.15) is 0 Å². The van der Waals surface area contributed by atoms with Gasteiger partial charge < -0.3 is 5.11 Å². The molecule has 0 saturated heterocycles. The van der Waals surface area contributed by atoms with Crippen LogP contribution >= 0.6 is 0 Å². The second-order valence-electron chi connectivity index (χ2n) is 4.90. The van der Waals surface area contributed by atoms with E-state index < -0.39 is 5.66 Å². The molecule has 1 unspecified atom stereocenters. The lowest BCUT2D eigenvalue weighted by atomic mass is 10.0. The molecule has 4 nitrogen and oxygen atoms in total. The quantitative estimate of drug-likeness (QED) is 0.923. The van der Waals surface area contributed by atoms with E-state index in [0.717, 1.165) is 22.6 Å². The number of hydrogen-bond donors (Lipinski definition) is 1. The minimum Gasteiger partial charge on any atom is -0.392 e. The highest BCUT2D eigenvalue weighted by atomic mass is 16.3. The summed E-state index contributed by atoms with van der Waals surface area (Å²) >= 11 is 0. The molecule has 3 rings (SSSR count). The molecule has 20 heavy (non-hydrogen) atoms. The Morgan fingerprint density at radius 2 is 1.45 bits per heavy atom. The lowest BCUT2D eigenvalue weighted by Crippen LogP contribution is -2.21. The molecule has 0 bridgehead atoms. The molecule has 0 radical (unpaired) electrons. The molecule has 1 aliphatic heterocycles. The van der Waals surface area contributed by atoms with E-state index in [4.69, 9.17) is 0 Å². The van der Waals surface area contributed by atoms with Crippen molar-refractivity contribution in [2.45, 2.75) is 12.6 Å². The minimum atomic E-state index is -0.802. The van der Waals surface area contributed by atoms with Crippen molar-refractivity contribution in [2.75, 3.05) is 6.61 Å². The van der Waals surface area contributed by atoms with Crippen LogP contribution in [0.15, 0.2) is 64.8 Å². The van der Waals surface area contributed by atoms with Crippen LogP contribution in [0.25, 0.3) is 0 Å². The molecule has 0 fully saturated rings. The summed E-state index contributed by atoms with van der Waals surface area (Å²) in [5.41, 5.74) is 2.77. The second kappa shape index (κ2) is 4.98. The highest BCUT2D eigenvalue weighted by molar-refractivity contribution is 6.54. The Morgan fingerprint density at radius 1 is 0.900 bits per heavy atom. The summed E-state index contributed by atoms with van der Waals surface area (Å²) in [6.07, 6.45) is 3.46. The number of aliphatic hydroxyl groups is 1. The normalized spacial score (nSPS) is 21.5. The van der Waals surface area contributed by atoms with Crippen LogP contribution in [0.3, 0.4) is 0 Å². The highest BCUT2D eigenvalue weighted by Gasteiger charge is 2.31. The zero-order valence-electron chi connectivity index (χ0n) is 11.2. The molecule has 0 spiro atoms. The standard InChI is InChI=1S/C16H15N3O/c1-16(11-20)18-14(12-5-3-2-4-6-12)15(19-16)13-7-9-17-10-8-13/h2-10,20H,11H2,1H3. The second-order valence-corrected chi connectivity index (χ2v) is 4.90. The van der Waals surface area contributed by atoms with Crippen molar-refractivity contribution >= 4 is 11.4 Å². The average molecular weight is 265 g/mol. The average Bonchev–Trinajstić information content (AvgIpc) is 2.88. The molecule has 0 amide bonds. The first-order valence-electron chi connectivity index (χ1n) is 6.49. The fourth-order valence-corrected chi connectivity index (χ4v) is 2.19. The van der Waals surface area contributed by atoms with Crippen LogP contribution in [-0.2, 0) is 0 Å². The van der Waals surface area contributed by atoms with Crippen molar-refractivity contribution in [2.24, 2.45) is 9.98 Å². The lowest BCUT2D eigenvalue weighted by Gasteiger charge is -2.12. The molecule has 2 aromatic rings. The first-order valence-corrected chi connectivity index (χ1v) is 6.49. The van der Waals surface area contributed by atoms with E-state index in [1.54, 1.807) is 12.4 Å². The van der Waals surface area contributed by atoms with Crippen molar-refractivity contribution in [3.8, 4) is 0 Å². The summed E-state index contributed by atoms with van der Waals surface area (Å²) in [6, 6.07) is 13.7.